The van der Waals surface area contributed by atoms with Crippen molar-refractivity contribution in [3.05, 3.63) is 78.4 Å². The van der Waals surface area contributed by atoms with Gasteiger partial charge in [0.2, 0.25) is 5.91 Å². The van der Waals surface area contributed by atoms with Crippen LogP contribution in [-0.2, 0) is 11.3 Å². The Morgan fingerprint density at radius 2 is 1.95 bits per heavy atom. The maximum Gasteiger partial charge on any atom is 0.262 e. The molecular formula is C35H42N4O3S. The zero-order valence-corrected chi connectivity index (χ0v) is 26.1. The number of likely N-dealkylation sites (N-methyl/N-ethyl adjacent to an activating group) is 1. The molecule has 6 rings (SSSR count). The van der Waals surface area contributed by atoms with Crippen molar-refractivity contribution in [2.45, 2.75) is 63.3 Å². The third kappa shape index (κ3) is 5.40. The molecule has 2 fully saturated rings. The zero-order valence-electron chi connectivity index (χ0n) is 25.3. The van der Waals surface area contributed by atoms with E-state index in [4.69, 9.17) is 4.74 Å². The molecule has 0 radical (unpaired) electrons. The maximum absolute atomic E-state index is 13.9. The second kappa shape index (κ2) is 12.2. The second-order valence-electron chi connectivity index (χ2n) is 12.2. The minimum absolute atomic E-state index is 0.0950. The first kappa shape index (κ1) is 29.6. The van der Waals surface area contributed by atoms with Crippen LogP contribution in [0.25, 0.3) is 22.2 Å². The first-order chi connectivity index (χ1) is 20.9. The van der Waals surface area contributed by atoms with Gasteiger partial charge in [-0.25, -0.2) is 4.31 Å². The van der Waals surface area contributed by atoms with Gasteiger partial charge in [0.25, 0.3) is 5.91 Å². The van der Waals surface area contributed by atoms with Crippen molar-refractivity contribution in [1.29, 1.82) is 0 Å². The maximum atomic E-state index is 13.9. The summed E-state index contributed by atoms with van der Waals surface area (Å²) >= 11 is 1.27. The lowest BCUT2D eigenvalue weighted by Gasteiger charge is -2.24. The molecule has 2 saturated carbocycles. The molecule has 0 spiro atoms. The van der Waals surface area contributed by atoms with E-state index in [1.807, 2.05) is 35.6 Å². The highest BCUT2D eigenvalue weighted by Crippen LogP contribution is 2.65. The molecule has 2 amide bonds. The molecule has 8 heteroatoms. The first-order valence-corrected chi connectivity index (χ1v) is 16.2. The smallest absolute Gasteiger partial charge is 0.262 e. The minimum Gasteiger partial charge on any atom is -0.497 e. The SMILES string of the molecule is C=CCCNC(=O)C12CC1c1cc(OC)ccc1-c1c(C3CCCCC3)c3ccc(C(=O)NSN(C)CC=C)cc3n1C2. The van der Waals surface area contributed by atoms with Gasteiger partial charge in [0.1, 0.15) is 5.75 Å². The Morgan fingerprint density at radius 3 is 2.70 bits per heavy atom. The van der Waals surface area contributed by atoms with Crippen LogP contribution in [0.1, 0.15) is 78.3 Å². The number of methoxy groups -OCH3 is 1. The van der Waals surface area contributed by atoms with Gasteiger partial charge in [0.05, 0.1) is 18.2 Å². The summed E-state index contributed by atoms with van der Waals surface area (Å²) < 4.78 is 12.9. The monoisotopic (exact) mass is 598 g/mol. The quantitative estimate of drug-likeness (QED) is 0.142. The Hall–Kier alpha value is -3.49. The Labute approximate surface area is 259 Å². The van der Waals surface area contributed by atoms with Crippen LogP contribution < -0.4 is 14.8 Å². The number of fused-ring (bicyclic) bond motifs is 7. The fourth-order valence-corrected chi connectivity index (χ4v) is 7.84. The predicted octanol–water partition coefficient (Wildman–Crippen LogP) is 6.96. The lowest BCUT2D eigenvalue weighted by molar-refractivity contribution is -0.126. The molecule has 2 N–H and O–H groups in total. The van der Waals surface area contributed by atoms with E-state index in [0.29, 0.717) is 31.1 Å². The largest absolute Gasteiger partial charge is 0.497 e. The molecular weight excluding hydrogens is 556 g/mol. The van der Waals surface area contributed by atoms with E-state index in [-0.39, 0.29) is 17.7 Å². The van der Waals surface area contributed by atoms with Crippen LogP contribution in [0.2, 0.25) is 0 Å². The standard InChI is InChI=1S/C35H42N4O3S/c1-5-7-17-36-34(41)35-21-29(35)28-20-25(42-4)14-16-26(28)32-31(23-11-9-8-10-12-23)27-15-13-24(19-30(27)39(32)22-35)33(40)37-43-38(3)18-6-2/h5-6,13-16,19-20,23,29H,1-2,7-12,17-18,21-22H2,3-4H3,(H,36,41)(H,37,40). The van der Waals surface area contributed by atoms with Crippen molar-refractivity contribution in [3.8, 4) is 17.0 Å². The molecule has 1 aliphatic heterocycles. The highest BCUT2D eigenvalue weighted by Gasteiger charge is 2.62. The van der Waals surface area contributed by atoms with Gasteiger partial charge in [-0.15, -0.1) is 13.2 Å². The molecule has 0 saturated heterocycles. The van der Waals surface area contributed by atoms with Crippen LogP contribution in [0.3, 0.4) is 0 Å². The first-order valence-electron chi connectivity index (χ1n) is 15.4. The van der Waals surface area contributed by atoms with Crippen LogP contribution in [0.15, 0.2) is 61.7 Å². The summed E-state index contributed by atoms with van der Waals surface area (Å²) in [4.78, 5) is 27.2. The van der Waals surface area contributed by atoms with E-state index in [2.05, 4.69) is 46.0 Å². The number of rotatable bonds is 11. The van der Waals surface area contributed by atoms with Crippen LogP contribution in [-0.4, -0.2) is 47.9 Å². The number of carbonyl (C=O) groups is 2. The van der Waals surface area contributed by atoms with Crippen LogP contribution >= 0.6 is 12.1 Å². The molecule has 1 aromatic heterocycles. The van der Waals surface area contributed by atoms with Crippen LogP contribution in [0, 0.1) is 5.41 Å². The highest BCUT2D eigenvalue weighted by molar-refractivity contribution is 7.95. The van der Waals surface area contributed by atoms with Crippen LogP contribution in [0.5, 0.6) is 5.75 Å². The summed E-state index contributed by atoms with van der Waals surface area (Å²) in [6.07, 6.45) is 11.2. The number of hydrogen-bond acceptors (Lipinski definition) is 5. The van der Waals surface area contributed by atoms with Crippen molar-refractivity contribution in [1.82, 2.24) is 18.9 Å². The summed E-state index contributed by atoms with van der Waals surface area (Å²) in [6, 6.07) is 12.5. The fourth-order valence-electron chi connectivity index (χ4n) is 7.30. The number of aromatic nitrogens is 1. The fraction of sp³-hybridized carbons (Fsp3) is 0.429. The van der Waals surface area contributed by atoms with E-state index < -0.39 is 5.41 Å². The van der Waals surface area contributed by atoms with E-state index in [9.17, 15) is 9.59 Å². The molecule has 2 unspecified atom stereocenters. The number of amides is 2. The van der Waals surface area contributed by atoms with Crippen molar-refractivity contribution in [2.24, 2.45) is 5.41 Å². The van der Waals surface area contributed by atoms with Gasteiger partial charge in [0, 0.05) is 59.7 Å². The van der Waals surface area contributed by atoms with Gasteiger partial charge in [-0.05, 0) is 80.1 Å². The van der Waals surface area contributed by atoms with Crippen molar-refractivity contribution < 1.29 is 14.3 Å². The van der Waals surface area contributed by atoms with Gasteiger partial charge in [-0.1, -0.05) is 37.5 Å². The van der Waals surface area contributed by atoms with Gasteiger partial charge < -0.3 is 14.6 Å². The molecule has 3 aliphatic rings. The van der Waals surface area contributed by atoms with E-state index in [1.54, 1.807) is 13.2 Å². The summed E-state index contributed by atoms with van der Waals surface area (Å²) in [5, 5.41) is 4.40. The molecule has 2 atom stereocenters. The number of hydrogen-bond donors (Lipinski definition) is 2. The molecule has 0 bridgehead atoms. The molecule has 43 heavy (non-hydrogen) atoms. The summed E-state index contributed by atoms with van der Waals surface area (Å²) in [5.41, 5.74) is 6.05. The number of ether oxygens (including phenoxy) is 1. The second-order valence-corrected chi connectivity index (χ2v) is 13.2. The Balaban J connectivity index is 1.51. The Morgan fingerprint density at radius 1 is 1.14 bits per heavy atom. The van der Waals surface area contributed by atoms with Gasteiger partial charge in [-0.2, -0.15) is 0 Å². The summed E-state index contributed by atoms with van der Waals surface area (Å²) in [6.45, 7) is 9.40. The predicted molar refractivity (Wildman–Crippen MR) is 175 cm³/mol. The average Bonchev–Trinajstić information content (AvgIpc) is 3.70. The van der Waals surface area contributed by atoms with Gasteiger partial charge in [-0.3, -0.25) is 14.3 Å². The molecule has 3 aromatic rings. The number of nitrogens with one attached hydrogen (secondary N) is 2. The van der Waals surface area contributed by atoms with E-state index in [1.165, 1.54) is 59.2 Å². The van der Waals surface area contributed by atoms with Gasteiger partial charge >= 0.3 is 0 Å². The van der Waals surface area contributed by atoms with Crippen molar-refractivity contribution >= 4 is 34.9 Å². The van der Waals surface area contributed by atoms with Gasteiger partial charge in [0.15, 0.2) is 0 Å². The average molecular weight is 599 g/mol. The molecule has 226 valence electrons. The minimum atomic E-state index is -0.551. The summed E-state index contributed by atoms with van der Waals surface area (Å²) in [7, 11) is 3.61. The van der Waals surface area contributed by atoms with E-state index in [0.717, 1.165) is 36.9 Å². The number of benzene rings is 2. The highest BCUT2D eigenvalue weighted by atomic mass is 32.2. The number of carbonyl (C=O) groups excluding carboxylic acids is 2. The summed E-state index contributed by atoms with van der Waals surface area (Å²) in [5.74, 6) is 1.32. The lowest BCUT2D eigenvalue weighted by atomic mass is 9.81. The Bertz CT molecular complexity index is 1570. The molecule has 2 aromatic carbocycles. The van der Waals surface area contributed by atoms with Crippen LogP contribution in [0.4, 0.5) is 0 Å². The number of nitrogens with zero attached hydrogens (tertiary/aromatic N) is 2. The topological polar surface area (TPSA) is 75.6 Å². The van der Waals surface area contributed by atoms with Crippen molar-refractivity contribution in [3.63, 3.8) is 0 Å². The molecule has 7 nitrogen and oxygen atoms in total. The normalized spacial score (nSPS) is 20.9. The zero-order chi connectivity index (χ0) is 30.1. The van der Waals surface area contributed by atoms with E-state index >= 15 is 0 Å². The Kier molecular flexibility index (Phi) is 8.42. The third-order valence-corrected chi connectivity index (χ3v) is 10.3. The molecule has 2 heterocycles. The third-order valence-electron chi connectivity index (χ3n) is 9.55. The molecule has 2 aliphatic carbocycles. The van der Waals surface area contributed by atoms with Crippen molar-refractivity contribution in [2.75, 3.05) is 27.2 Å². The lowest BCUT2D eigenvalue weighted by Crippen LogP contribution is -2.36.